The van der Waals surface area contributed by atoms with E-state index in [0.29, 0.717) is 22.8 Å². The zero-order valence-corrected chi connectivity index (χ0v) is 12.8. The fraction of sp³-hybridized carbons (Fsp3) is 0.200. The highest BCUT2D eigenvalue weighted by molar-refractivity contribution is 9.10. The van der Waals surface area contributed by atoms with Crippen molar-refractivity contribution in [2.24, 2.45) is 5.73 Å². The Morgan fingerprint density at radius 2 is 2.00 bits per heavy atom. The van der Waals surface area contributed by atoms with Gasteiger partial charge in [-0.1, -0.05) is 27.5 Å². The Morgan fingerprint density at radius 1 is 1.20 bits per heavy atom. The smallest absolute Gasteiger partial charge is 0.127 e. The van der Waals surface area contributed by atoms with Crippen molar-refractivity contribution in [1.82, 2.24) is 0 Å². The number of halogens is 3. The SMILES string of the molecule is N[C@@H]1CC(c2cc(Br)ccc2Cl)Oc2ccc(F)cc21. The van der Waals surface area contributed by atoms with Crippen LogP contribution in [0.1, 0.15) is 29.7 Å². The molecular weight excluding hydrogens is 345 g/mol. The van der Waals surface area contributed by atoms with Gasteiger partial charge in [0, 0.05) is 33.1 Å². The van der Waals surface area contributed by atoms with Crippen LogP contribution in [0.5, 0.6) is 5.75 Å². The van der Waals surface area contributed by atoms with Crippen LogP contribution in [0.4, 0.5) is 4.39 Å². The molecule has 0 radical (unpaired) electrons. The van der Waals surface area contributed by atoms with E-state index in [9.17, 15) is 4.39 Å². The van der Waals surface area contributed by atoms with Gasteiger partial charge in [0.25, 0.3) is 0 Å². The van der Waals surface area contributed by atoms with Crippen molar-refractivity contribution in [1.29, 1.82) is 0 Å². The van der Waals surface area contributed by atoms with Gasteiger partial charge < -0.3 is 10.5 Å². The summed E-state index contributed by atoms with van der Waals surface area (Å²) in [6.07, 6.45) is 0.333. The van der Waals surface area contributed by atoms with Gasteiger partial charge in [0.1, 0.15) is 17.7 Å². The number of nitrogens with two attached hydrogens (primary N) is 1. The van der Waals surface area contributed by atoms with Gasteiger partial charge >= 0.3 is 0 Å². The summed E-state index contributed by atoms with van der Waals surface area (Å²) in [4.78, 5) is 0. The molecule has 0 amide bonds. The standard InChI is InChI=1S/C15H12BrClFNO/c16-8-1-3-12(17)10(5-8)15-7-13(19)11-6-9(18)2-4-14(11)20-15/h1-6,13,15H,7,19H2/t13-,15?/m1/s1. The minimum absolute atomic E-state index is 0.229. The highest BCUT2D eigenvalue weighted by Crippen LogP contribution is 2.42. The molecule has 3 rings (SSSR count). The molecule has 1 aliphatic rings. The molecule has 2 aromatic carbocycles. The van der Waals surface area contributed by atoms with Crippen LogP contribution in [0.25, 0.3) is 0 Å². The van der Waals surface area contributed by atoms with E-state index in [1.165, 1.54) is 12.1 Å². The van der Waals surface area contributed by atoms with E-state index in [2.05, 4.69) is 15.9 Å². The summed E-state index contributed by atoms with van der Waals surface area (Å²) >= 11 is 9.65. The fourth-order valence-electron chi connectivity index (χ4n) is 2.43. The molecule has 1 heterocycles. The summed E-state index contributed by atoms with van der Waals surface area (Å²) in [5.41, 5.74) is 7.71. The summed E-state index contributed by atoms with van der Waals surface area (Å²) in [5.74, 6) is 0.313. The molecule has 5 heteroatoms. The fourth-order valence-corrected chi connectivity index (χ4v) is 3.05. The number of rotatable bonds is 1. The monoisotopic (exact) mass is 355 g/mol. The van der Waals surface area contributed by atoms with E-state index < -0.39 is 0 Å². The van der Waals surface area contributed by atoms with Gasteiger partial charge in [0.2, 0.25) is 0 Å². The Hall–Kier alpha value is -1.10. The van der Waals surface area contributed by atoms with E-state index in [4.69, 9.17) is 22.1 Å². The van der Waals surface area contributed by atoms with Crippen LogP contribution < -0.4 is 10.5 Å². The van der Waals surface area contributed by atoms with Crippen molar-refractivity contribution in [2.75, 3.05) is 0 Å². The first-order chi connectivity index (χ1) is 9.54. The summed E-state index contributed by atoms with van der Waals surface area (Å²) < 4.78 is 20.1. The number of benzene rings is 2. The van der Waals surface area contributed by atoms with Crippen LogP contribution >= 0.6 is 27.5 Å². The van der Waals surface area contributed by atoms with Crippen molar-refractivity contribution < 1.29 is 9.13 Å². The van der Waals surface area contributed by atoms with Gasteiger partial charge in [0.15, 0.2) is 0 Å². The van der Waals surface area contributed by atoms with Crippen molar-refractivity contribution in [3.63, 3.8) is 0 Å². The van der Waals surface area contributed by atoms with Crippen molar-refractivity contribution in [3.05, 3.63) is 62.8 Å². The molecule has 1 aliphatic heterocycles. The normalized spacial score (nSPS) is 21.2. The van der Waals surface area contributed by atoms with E-state index >= 15 is 0 Å². The lowest BCUT2D eigenvalue weighted by Crippen LogP contribution is -2.24. The zero-order chi connectivity index (χ0) is 14.3. The van der Waals surface area contributed by atoms with Crippen molar-refractivity contribution in [2.45, 2.75) is 18.6 Å². The molecule has 1 unspecified atom stereocenters. The van der Waals surface area contributed by atoms with Gasteiger partial charge in [-0.25, -0.2) is 4.39 Å². The minimum atomic E-state index is -0.304. The average Bonchev–Trinajstić information content (AvgIpc) is 2.42. The third-order valence-corrected chi connectivity index (χ3v) is 4.25. The molecule has 0 bridgehead atoms. The Kier molecular flexibility index (Phi) is 3.71. The molecule has 0 saturated heterocycles. The van der Waals surface area contributed by atoms with E-state index in [1.54, 1.807) is 6.07 Å². The van der Waals surface area contributed by atoms with Crippen LogP contribution in [0.2, 0.25) is 5.02 Å². The molecule has 0 saturated carbocycles. The second kappa shape index (κ2) is 5.35. The molecule has 2 aromatic rings. The van der Waals surface area contributed by atoms with Crippen LogP contribution in [0.15, 0.2) is 40.9 Å². The average molecular weight is 357 g/mol. The first-order valence-corrected chi connectivity index (χ1v) is 7.38. The third-order valence-electron chi connectivity index (χ3n) is 3.41. The second-order valence-corrected chi connectivity index (χ2v) is 6.12. The molecular formula is C15H12BrClFNO. The lowest BCUT2D eigenvalue weighted by Gasteiger charge is -2.31. The molecule has 2 atom stereocenters. The number of hydrogen-bond donors (Lipinski definition) is 1. The largest absolute Gasteiger partial charge is 0.485 e. The van der Waals surface area contributed by atoms with Gasteiger partial charge in [-0.05, 0) is 36.4 Å². The number of hydrogen-bond acceptors (Lipinski definition) is 2. The lowest BCUT2D eigenvalue weighted by molar-refractivity contribution is 0.161. The van der Waals surface area contributed by atoms with Crippen molar-refractivity contribution >= 4 is 27.5 Å². The maximum absolute atomic E-state index is 13.3. The minimum Gasteiger partial charge on any atom is -0.485 e. The highest BCUT2D eigenvalue weighted by Gasteiger charge is 2.28. The van der Waals surface area contributed by atoms with Gasteiger partial charge in [-0.15, -0.1) is 0 Å². The molecule has 0 spiro atoms. The first kappa shape index (κ1) is 13.9. The topological polar surface area (TPSA) is 35.2 Å². The third kappa shape index (κ3) is 2.55. The van der Waals surface area contributed by atoms with Crippen LogP contribution in [-0.2, 0) is 0 Å². The summed E-state index contributed by atoms with van der Waals surface area (Å²) in [7, 11) is 0. The molecule has 20 heavy (non-hydrogen) atoms. The predicted molar refractivity (Wildman–Crippen MR) is 80.5 cm³/mol. The van der Waals surface area contributed by atoms with Gasteiger partial charge in [0.05, 0.1) is 0 Å². The maximum Gasteiger partial charge on any atom is 0.127 e. The predicted octanol–water partition coefficient (Wildman–Crippen LogP) is 4.77. The quantitative estimate of drug-likeness (QED) is 0.799. The van der Waals surface area contributed by atoms with Crippen LogP contribution in [0.3, 0.4) is 0 Å². The molecule has 104 valence electrons. The Morgan fingerprint density at radius 3 is 2.80 bits per heavy atom. The number of ether oxygens (including phenoxy) is 1. The number of fused-ring (bicyclic) bond motifs is 1. The Bertz CT molecular complexity index is 664. The zero-order valence-electron chi connectivity index (χ0n) is 10.4. The summed E-state index contributed by atoms with van der Waals surface area (Å²) in [6, 6.07) is 9.76. The summed E-state index contributed by atoms with van der Waals surface area (Å²) in [5, 5.41) is 0.635. The lowest BCUT2D eigenvalue weighted by atomic mass is 9.93. The molecule has 0 fully saturated rings. The van der Waals surface area contributed by atoms with Gasteiger partial charge in [-0.2, -0.15) is 0 Å². The maximum atomic E-state index is 13.3. The summed E-state index contributed by atoms with van der Waals surface area (Å²) in [6.45, 7) is 0. The molecule has 0 aromatic heterocycles. The Labute approximate surface area is 129 Å². The molecule has 0 aliphatic carbocycles. The Balaban J connectivity index is 1.99. The second-order valence-electron chi connectivity index (χ2n) is 4.80. The highest BCUT2D eigenvalue weighted by atomic mass is 79.9. The van der Waals surface area contributed by atoms with Gasteiger partial charge in [-0.3, -0.25) is 0 Å². The molecule has 2 N–H and O–H groups in total. The van der Waals surface area contributed by atoms with Crippen LogP contribution in [-0.4, -0.2) is 0 Å². The molecule has 2 nitrogen and oxygen atoms in total. The van der Waals surface area contributed by atoms with Crippen LogP contribution in [0, 0.1) is 5.82 Å². The van der Waals surface area contributed by atoms with Crippen molar-refractivity contribution in [3.8, 4) is 5.75 Å². The van der Waals surface area contributed by atoms with E-state index in [-0.39, 0.29) is 18.0 Å². The first-order valence-electron chi connectivity index (χ1n) is 6.21. The van der Waals surface area contributed by atoms with E-state index in [0.717, 1.165) is 10.0 Å². The van der Waals surface area contributed by atoms with E-state index in [1.807, 2.05) is 18.2 Å².